The zero-order valence-corrected chi connectivity index (χ0v) is 7.10. The van der Waals surface area contributed by atoms with E-state index in [-0.39, 0.29) is 17.9 Å². The Morgan fingerprint density at radius 3 is 2.67 bits per heavy atom. The third-order valence-electron chi connectivity index (χ3n) is 1.75. The van der Waals surface area contributed by atoms with Crippen molar-refractivity contribution >= 4 is 0 Å². The second kappa shape index (κ2) is 3.54. The fourth-order valence-corrected chi connectivity index (χ4v) is 1.07. The lowest BCUT2D eigenvalue weighted by atomic mass is 10.1. The minimum atomic E-state index is -0.472. The van der Waals surface area contributed by atoms with Crippen molar-refractivity contribution in [2.45, 2.75) is 13.5 Å². The minimum Gasteiger partial charge on any atom is -0.493 e. The van der Waals surface area contributed by atoms with E-state index in [4.69, 9.17) is 9.84 Å². The normalized spacial score (nSPS) is 10.0. The summed E-state index contributed by atoms with van der Waals surface area (Å²) in [6.07, 6.45) is 0. The Morgan fingerprint density at radius 1 is 1.50 bits per heavy atom. The molecule has 2 nitrogen and oxygen atoms in total. The van der Waals surface area contributed by atoms with Crippen LogP contribution in [0.2, 0.25) is 0 Å². The minimum absolute atomic E-state index is 0.210. The largest absolute Gasteiger partial charge is 0.493 e. The summed E-state index contributed by atoms with van der Waals surface area (Å²) in [5, 5.41) is 8.73. The molecule has 3 heteroatoms. The van der Waals surface area contributed by atoms with Crippen molar-refractivity contribution < 1.29 is 14.2 Å². The molecule has 66 valence electrons. The van der Waals surface area contributed by atoms with Crippen LogP contribution in [-0.2, 0) is 6.61 Å². The standard InChI is InChI=1S/C9H11FO2/c1-6-3-4-7(5-11)8(10)9(6)12-2/h3-4,11H,5H2,1-2H3. The van der Waals surface area contributed by atoms with E-state index < -0.39 is 5.82 Å². The van der Waals surface area contributed by atoms with Gasteiger partial charge in [-0.25, -0.2) is 4.39 Å². The molecule has 1 N–H and O–H groups in total. The molecular formula is C9H11FO2. The number of benzene rings is 1. The van der Waals surface area contributed by atoms with E-state index in [0.717, 1.165) is 5.56 Å². The van der Waals surface area contributed by atoms with Gasteiger partial charge in [0.15, 0.2) is 11.6 Å². The zero-order valence-electron chi connectivity index (χ0n) is 7.10. The van der Waals surface area contributed by atoms with Crippen LogP contribution in [0, 0.1) is 12.7 Å². The monoisotopic (exact) mass is 170 g/mol. The molecule has 0 saturated carbocycles. The summed E-state index contributed by atoms with van der Waals surface area (Å²) in [5.41, 5.74) is 0.990. The Bertz CT molecular complexity index is 284. The molecule has 1 aromatic rings. The SMILES string of the molecule is COc1c(C)ccc(CO)c1F. The lowest BCUT2D eigenvalue weighted by Gasteiger charge is -2.07. The number of aryl methyl sites for hydroxylation is 1. The van der Waals surface area contributed by atoms with Crippen molar-refractivity contribution in [1.29, 1.82) is 0 Å². The molecule has 0 aliphatic rings. The van der Waals surface area contributed by atoms with Crippen molar-refractivity contribution in [2.24, 2.45) is 0 Å². The highest BCUT2D eigenvalue weighted by Crippen LogP contribution is 2.24. The quantitative estimate of drug-likeness (QED) is 0.731. The highest BCUT2D eigenvalue weighted by atomic mass is 19.1. The molecular weight excluding hydrogens is 159 g/mol. The van der Waals surface area contributed by atoms with Gasteiger partial charge in [-0.1, -0.05) is 12.1 Å². The second-order valence-corrected chi connectivity index (χ2v) is 2.55. The third-order valence-corrected chi connectivity index (χ3v) is 1.75. The Kier molecular flexibility index (Phi) is 2.65. The van der Waals surface area contributed by atoms with Crippen LogP contribution in [-0.4, -0.2) is 12.2 Å². The summed E-state index contributed by atoms with van der Waals surface area (Å²) in [5.74, 6) is -0.262. The molecule has 0 bridgehead atoms. The number of aliphatic hydroxyl groups excluding tert-OH is 1. The lowest BCUT2D eigenvalue weighted by molar-refractivity contribution is 0.272. The van der Waals surface area contributed by atoms with E-state index in [1.165, 1.54) is 7.11 Å². The second-order valence-electron chi connectivity index (χ2n) is 2.55. The Labute approximate surface area is 70.6 Å². The van der Waals surface area contributed by atoms with Gasteiger partial charge in [0.05, 0.1) is 13.7 Å². The van der Waals surface area contributed by atoms with Gasteiger partial charge in [0.2, 0.25) is 0 Å². The highest BCUT2D eigenvalue weighted by molar-refractivity contribution is 5.38. The Balaban J connectivity index is 3.24. The van der Waals surface area contributed by atoms with Crippen LogP contribution >= 0.6 is 0 Å². The average Bonchev–Trinajstić information content (AvgIpc) is 2.06. The number of hydrogen-bond acceptors (Lipinski definition) is 2. The molecule has 1 aromatic carbocycles. The first kappa shape index (κ1) is 9.00. The van der Waals surface area contributed by atoms with Crippen LogP contribution in [0.5, 0.6) is 5.75 Å². The van der Waals surface area contributed by atoms with Crippen LogP contribution < -0.4 is 4.74 Å². The maximum atomic E-state index is 13.2. The first-order chi connectivity index (χ1) is 5.70. The first-order valence-corrected chi connectivity index (χ1v) is 3.63. The Morgan fingerprint density at radius 2 is 2.17 bits per heavy atom. The van der Waals surface area contributed by atoms with E-state index in [9.17, 15) is 4.39 Å². The van der Waals surface area contributed by atoms with Gasteiger partial charge in [0.25, 0.3) is 0 Å². The topological polar surface area (TPSA) is 29.5 Å². The smallest absolute Gasteiger partial charge is 0.170 e. The summed E-state index contributed by atoms with van der Waals surface area (Å²) < 4.78 is 18.1. The average molecular weight is 170 g/mol. The molecule has 0 aliphatic carbocycles. The summed E-state index contributed by atoms with van der Waals surface area (Å²) in [6, 6.07) is 3.26. The number of halogens is 1. The highest BCUT2D eigenvalue weighted by Gasteiger charge is 2.09. The maximum absolute atomic E-state index is 13.2. The summed E-state index contributed by atoms with van der Waals surface area (Å²) in [4.78, 5) is 0. The van der Waals surface area contributed by atoms with Gasteiger partial charge in [0, 0.05) is 5.56 Å². The van der Waals surface area contributed by atoms with Gasteiger partial charge >= 0.3 is 0 Å². The number of rotatable bonds is 2. The number of aliphatic hydroxyl groups is 1. The number of ether oxygens (including phenoxy) is 1. The molecule has 0 unspecified atom stereocenters. The van der Waals surface area contributed by atoms with Crippen molar-refractivity contribution in [1.82, 2.24) is 0 Å². The molecule has 12 heavy (non-hydrogen) atoms. The number of hydrogen-bond donors (Lipinski definition) is 1. The van der Waals surface area contributed by atoms with Gasteiger partial charge in [-0.2, -0.15) is 0 Å². The Hall–Kier alpha value is -1.09. The van der Waals surface area contributed by atoms with Gasteiger partial charge in [-0.15, -0.1) is 0 Å². The van der Waals surface area contributed by atoms with Crippen molar-refractivity contribution in [3.8, 4) is 5.75 Å². The van der Waals surface area contributed by atoms with E-state index in [0.29, 0.717) is 0 Å². The van der Waals surface area contributed by atoms with Crippen LogP contribution in [0.25, 0.3) is 0 Å². The lowest BCUT2D eigenvalue weighted by Crippen LogP contribution is -1.96. The van der Waals surface area contributed by atoms with Gasteiger partial charge in [-0.05, 0) is 12.5 Å². The summed E-state index contributed by atoms with van der Waals surface area (Å²) in [7, 11) is 1.41. The molecule has 0 aromatic heterocycles. The molecule has 0 atom stereocenters. The third kappa shape index (κ3) is 1.41. The maximum Gasteiger partial charge on any atom is 0.170 e. The van der Waals surface area contributed by atoms with E-state index >= 15 is 0 Å². The number of methoxy groups -OCH3 is 1. The van der Waals surface area contributed by atoms with E-state index in [2.05, 4.69) is 0 Å². The molecule has 0 saturated heterocycles. The molecule has 0 amide bonds. The fourth-order valence-electron chi connectivity index (χ4n) is 1.07. The zero-order chi connectivity index (χ0) is 9.14. The van der Waals surface area contributed by atoms with Gasteiger partial charge < -0.3 is 9.84 Å². The van der Waals surface area contributed by atoms with E-state index in [1.54, 1.807) is 19.1 Å². The fraction of sp³-hybridized carbons (Fsp3) is 0.333. The van der Waals surface area contributed by atoms with Crippen LogP contribution in [0.15, 0.2) is 12.1 Å². The molecule has 0 spiro atoms. The predicted molar refractivity (Wildman–Crippen MR) is 43.6 cm³/mol. The molecule has 1 rings (SSSR count). The molecule has 0 fully saturated rings. The van der Waals surface area contributed by atoms with Crippen molar-refractivity contribution in [3.63, 3.8) is 0 Å². The molecule has 0 aliphatic heterocycles. The van der Waals surface area contributed by atoms with E-state index in [1.807, 2.05) is 0 Å². The van der Waals surface area contributed by atoms with Crippen molar-refractivity contribution in [3.05, 3.63) is 29.1 Å². The van der Waals surface area contributed by atoms with Crippen molar-refractivity contribution in [2.75, 3.05) is 7.11 Å². The van der Waals surface area contributed by atoms with Crippen LogP contribution in [0.1, 0.15) is 11.1 Å². The summed E-state index contributed by atoms with van der Waals surface area (Å²) in [6.45, 7) is 1.45. The van der Waals surface area contributed by atoms with Gasteiger partial charge in [0.1, 0.15) is 0 Å². The predicted octanol–water partition coefficient (Wildman–Crippen LogP) is 1.64. The van der Waals surface area contributed by atoms with Crippen LogP contribution in [0.4, 0.5) is 4.39 Å². The summed E-state index contributed by atoms with van der Waals surface area (Å²) >= 11 is 0. The molecule has 0 heterocycles. The van der Waals surface area contributed by atoms with Gasteiger partial charge in [-0.3, -0.25) is 0 Å². The van der Waals surface area contributed by atoms with Crippen LogP contribution in [0.3, 0.4) is 0 Å². The first-order valence-electron chi connectivity index (χ1n) is 3.63. The molecule has 0 radical (unpaired) electrons.